The fourth-order valence-electron chi connectivity index (χ4n) is 6.93. The molecule has 0 spiro atoms. The third kappa shape index (κ3) is 5.62. The van der Waals surface area contributed by atoms with Crippen molar-refractivity contribution in [1.82, 2.24) is 14.7 Å². The molecule has 1 aromatic carbocycles. The number of aliphatic hydroxyl groups excluding tert-OH is 2. The highest BCUT2D eigenvalue weighted by Crippen LogP contribution is 2.51. The maximum absolute atomic E-state index is 14.2. The van der Waals surface area contributed by atoms with Gasteiger partial charge in [0, 0.05) is 43.8 Å². The molecule has 2 N–H and O–H groups in total. The Labute approximate surface area is 244 Å². The van der Waals surface area contributed by atoms with Gasteiger partial charge >= 0.3 is 12.2 Å². The summed E-state index contributed by atoms with van der Waals surface area (Å²) in [6.07, 6.45) is 4.24. The van der Waals surface area contributed by atoms with Crippen LogP contribution in [-0.4, -0.2) is 82.3 Å². The van der Waals surface area contributed by atoms with E-state index in [1.54, 1.807) is 23.8 Å². The van der Waals surface area contributed by atoms with Crippen LogP contribution in [0.5, 0.6) is 0 Å². The van der Waals surface area contributed by atoms with Gasteiger partial charge in [-0.05, 0) is 55.9 Å². The van der Waals surface area contributed by atoms with Crippen LogP contribution >= 0.6 is 11.6 Å². The summed E-state index contributed by atoms with van der Waals surface area (Å²) in [6, 6.07) is 1.41. The van der Waals surface area contributed by atoms with E-state index in [1.807, 2.05) is 12.2 Å². The number of nitrogens with zero attached hydrogens (tertiary/aromatic N) is 3. The van der Waals surface area contributed by atoms with E-state index < -0.39 is 34.7 Å². The summed E-state index contributed by atoms with van der Waals surface area (Å²) in [5.41, 5.74) is -2.11. The zero-order valence-corrected chi connectivity index (χ0v) is 24.6. The van der Waals surface area contributed by atoms with Crippen molar-refractivity contribution in [2.24, 2.45) is 16.7 Å². The number of fused-ring (bicyclic) bond motifs is 1. The minimum Gasteiger partial charge on any atom is -0.396 e. The number of urea groups is 1. The summed E-state index contributed by atoms with van der Waals surface area (Å²) in [5, 5.41) is 19.6. The van der Waals surface area contributed by atoms with Crippen LogP contribution in [0, 0.1) is 16.7 Å². The van der Waals surface area contributed by atoms with Gasteiger partial charge in [0.2, 0.25) is 5.91 Å². The number of halogens is 4. The van der Waals surface area contributed by atoms with Gasteiger partial charge in [0.05, 0.1) is 29.1 Å². The topological polar surface area (TPSA) is 84.3 Å². The van der Waals surface area contributed by atoms with Gasteiger partial charge in [-0.15, -0.1) is 0 Å². The molecule has 2 saturated heterocycles. The molecule has 226 valence electrons. The van der Waals surface area contributed by atoms with E-state index in [-0.39, 0.29) is 73.6 Å². The lowest BCUT2D eigenvalue weighted by Crippen LogP contribution is -2.67. The largest absolute Gasteiger partial charge is 0.416 e. The molecule has 0 radical (unpaired) electrons. The van der Waals surface area contributed by atoms with Crippen LogP contribution in [0.1, 0.15) is 57.2 Å². The van der Waals surface area contributed by atoms with Crippen molar-refractivity contribution < 1.29 is 33.0 Å². The number of amides is 3. The number of hydrogen-bond donors (Lipinski definition) is 2. The molecule has 11 heteroatoms. The molecule has 2 fully saturated rings. The van der Waals surface area contributed by atoms with Crippen molar-refractivity contribution in [2.75, 3.05) is 33.4 Å². The quantitative estimate of drug-likeness (QED) is 0.448. The monoisotopic (exact) mass is 597 g/mol. The van der Waals surface area contributed by atoms with Crippen molar-refractivity contribution in [3.05, 3.63) is 58.7 Å². The summed E-state index contributed by atoms with van der Waals surface area (Å²) in [6.45, 7) is 5.90. The number of hydrogen-bond acceptors (Lipinski definition) is 4. The standard InChI is InChI=1S/C30H39ClF3N3O4/c1-19-7-5-6-8-28(19,3)25-24-18-29(9-13-38,10-14-39)26(40)36(24)11-12-37(25)27(41)35(4)20(2)21-15-22(30(32,33)34)17-23(31)16-21/h5-8,15-17,19-20,24-25,38-39H,9-14,18H2,1-4H3. The van der Waals surface area contributed by atoms with Crippen LogP contribution in [-0.2, 0) is 11.0 Å². The number of allylic oxidation sites excluding steroid dienone is 3. The minimum absolute atomic E-state index is 0.0125. The summed E-state index contributed by atoms with van der Waals surface area (Å²) >= 11 is 6.04. The average molecular weight is 598 g/mol. The van der Waals surface area contributed by atoms with E-state index in [9.17, 15) is 33.0 Å². The number of carbonyl (C=O) groups excluding carboxylic acids is 2. The minimum atomic E-state index is -4.58. The molecule has 5 atom stereocenters. The molecule has 0 aromatic heterocycles. The molecule has 1 aliphatic carbocycles. The van der Waals surface area contributed by atoms with Gasteiger partial charge in [0.15, 0.2) is 0 Å². The van der Waals surface area contributed by atoms with E-state index in [2.05, 4.69) is 26.0 Å². The first-order chi connectivity index (χ1) is 19.2. The predicted octanol–water partition coefficient (Wildman–Crippen LogP) is 5.28. The third-order valence-electron chi connectivity index (χ3n) is 9.62. The number of benzene rings is 1. The maximum atomic E-state index is 14.2. The highest BCUT2D eigenvalue weighted by molar-refractivity contribution is 6.30. The Morgan fingerprint density at radius 3 is 2.41 bits per heavy atom. The van der Waals surface area contributed by atoms with E-state index >= 15 is 0 Å². The highest BCUT2D eigenvalue weighted by Gasteiger charge is 2.60. The molecule has 4 rings (SSSR count). The first-order valence-corrected chi connectivity index (χ1v) is 14.4. The Hall–Kier alpha value is -2.56. The molecule has 0 bridgehead atoms. The van der Waals surface area contributed by atoms with Crippen molar-refractivity contribution in [3.63, 3.8) is 0 Å². The normalized spacial score (nSPS) is 28.1. The number of aliphatic hydroxyl groups is 2. The van der Waals surface area contributed by atoms with Crippen LogP contribution in [0.25, 0.3) is 0 Å². The molecule has 1 aromatic rings. The molecule has 2 aliphatic heterocycles. The van der Waals surface area contributed by atoms with Crippen molar-refractivity contribution in [3.8, 4) is 0 Å². The first-order valence-electron chi connectivity index (χ1n) is 14.0. The summed E-state index contributed by atoms with van der Waals surface area (Å²) < 4.78 is 40.5. The first kappa shape index (κ1) is 31.4. The van der Waals surface area contributed by atoms with E-state index in [0.29, 0.717) is 6.42 Å². The van der Waals surface area contributed by atoms with E-state index in [4.69, 9.17) is 11.6 Å². The summed E-state index contributed by atoms with van der Waals surface area (Å²) in [4.78, 5) is 33.0. The average Bonchev–Trinajstić information content (AvgIpc) is 3.19. The van der Waals surface area contributed by atoms with Crippen LogP contribution in [0.3, 0.4) is 0 Å². The molecule has 3 amide bonds. The Morgan fingerprint density at radius 1 is 1.17 bits per heavy atom. The van der Waals surface area contributed by atoms with Gasteiger partial charge in [-0.1, -0.05) is 49.8 Å². The number of rotatable bonds is 7. The van der Waals surface area contributed by atoms with Gasteiger partial charge in [0.1, 0.15) is 0 Å². The van der Waals surface area contributed by atoms with Gasteiger partial charge < -0.3 is 24.9 Å². The second-order valence-electron chi connectivity index (χ2n) is 11.9. The Kier molecular flexibility index (Phi) is 8.88. The second kappa shape index (κ2) is 11.6. The maximum Gasteiger partial charge on any atom is 0.416 e. The van der Waals surface area contributed by atoms with Gasteiger partial charge in [0.25, 0.3) is 0 Å². The van der Waals surface area contributed by atoms with E-state index in [1.165, 1.54) is 11.0 Å². The zero-order valence-electron chi connectivity index (χ0n) is 23.9. The molecule has 41 heavy (non-hydrogen) atoms. The van der Waals surface area contributed by atoms with Crippen LogP contribution in [0.2, 0.25) is 5.02 Å². The van der Waals surface area contributed by atoms with Gasteiger partial charge in [-0.2, -0.15) is 13.2 Å². The predicted molar refractivity (Wildman–Crippen MR) is 150 cm³/mol. The lowest BCUT2D eigenvalue weighted by atomic mass is 9.65. The van der Waals surface area contributed by atoms with E-state index in [0.717, 1.165) is 12.1 Å². The lowest BCUT2D eigenvalue weighted by Gasteiger charge is -2.54. The summed E-state index contributed by atoms with van der Waals surface area (Å²) in [7, 11) is 1.56. The lowest BCUT2D eigenvalue weighted by molar-refractivity contribution is -0.141. The van der Waals surface area contributed by atoms with Crippen molar-refractivity contribution in [2.45, 2.75) is 64.3 Å². The molecular formula is C30H39ClF3N3O4. The molecule has 3 aliphatic rings. The molecule has 7 nitrogen and oxygen atoms in total. The Morgan fingerprint density at radius 2 is 1.83 bits per heavy atom. The SMILES string of the molecule is CC(c1cc(Cl)cc(C(F)(F)F)c1)N(C)C(=O)N1CCN2C(=O)C(CCO)(CCO)CC2C1C1(C)C=CC=CC1C. The van der Waals surface area contributed by atoms with Crippen LogP contribution in [0.4, 0.5) is 18.0 Å². The number of carbonyl (C=O) groups is 2. The molecule has 0 saturated carbocycles. The molecule has 2 heterocycles. The van der Waals surface area contributed by atoms with Crippen molar-refractivity contribution in [1.29, 1.82) is 0 Å². The van der Waals surface area contributed by atoms with Crippen LogP contribution < -0.4 is 0 Å². The van der Waals surface area contributed by atoms with Crippen molar-refractivity contribution >= 4 is 23.5 Å². The number of piperazine rings is 1. The number of alkyl halides is 3. The highest BCUT2D eigenvalue weighted by atomic mass is 35.5. The second-order valence-corrected chi connectivity index (χ2v) is 12.3. The van der Waals surface area contributed by atoms with Gasteiger partial charge in [-0.25, -0.2) is 4.79 Å². The zero-order chi connectivity index (χ0) is 30.3. The fourth-order valence-corrected chi connectivity index (χ4v) is 7.17. The Balaban J connectivity index is 1.72. The van der Waals surface area contributed by atoms with Gasteiger partial charge in [-0.3, -0.25) is 4.79 Å². The van der Waals surface area contributed by atoms with Crippen LogP contribution in [0.15, 0.2) is 42.5 Å². The third-order valence-corrected chi connectivity index (χ3v) is 9.84. The molecule has 5 unspecified atom stereocenters. The Bertz CT molecular complexity index is 1220. The smallest absolute Gasteiger partial charge is 0.396 e. The molecular weight excluding hydrogens is 559 g/mol. The fraction of sp³-hybridized carbons (Fsp3) is 0.600. The summed E-state index contributed by atoms with van der Waals surface area (Å²) in [5.74, 6) is -0.104.